The summed E-state index contributed by atoms with van der Waals surface area (Å²) >= 11 is 0. The molecule has 0 radical (unpaired) electrons. The zero-order valence-electron chi connectivity index (χ0n) is 19.1. The molecule has 180 valence electrons. The highest BCUT2D eigenvalue weighted by atomic mass is 32.2. The molecule has 0 saturated carbocycles. The molecule has 0 aliphatic carbocycles. The van der Waals surface area contributed by atoms with E-state index in [1.807, 2.05) is 4.90 Å². The smallest absolute Gasteiger partial charge is 0.243 e. The Morgan fingerprint density at radius 1 is 1.15 bits per heavy atom. The van der Waals surface area contributed by atoms with E-state index >= 15 is 0 Å². The molecule has 1 N–H and O–H groups in total. The molecule has 0 unspecified atom stereocenters. The van der Waals surface area contributed by atoms with Gasteiger partial charge in [-0.25, -0.2) is 12.8 Å². The lowest BCUT2D eigenvalue weighted by atomic mass is 10.1. The minimum absolute atomic E-state index is 0.0729. The number of carbonyl (C=O) groups is 1. The molecule has 1 amide bonds. The molecule has 1 heterocycles. The third-order valence-electron chi connectivity index (χ3n) is 5.52. The molecule has 1 fully saturated rings. The molecule has 2 aromatic rings. The van der Waals surface area contributed by atoms with Gasteiger partial charge in [-0.15, -0.1) is 0 Å². The lowest BCUT2D eigenvalue weighted by molar-refractivity contribution is -0.115. The molecular formula is C23H30FN3O5S. The molecule has 8 nitrogen and oxygen atoms in total. The normalized spacial score (nSPS) is 14.4. The highest BCUT2D eigenvalue weighted by Crippen LogP contribution is 2.31. The van der Waals surface area contributed by atoms with E-state index < -0.39 is 15.8 Å². The summed E-state index contributed by atoms with van der Waals surface area (Å²) in [6.45, 7) is 6.56. The summed E-state index contributed by atoms with van der Waals surface area (Å²) in [5.41, 5.74) is 1.58. The van der Waals surface area contributed by atoms with Crippen LogP contribution in [0.25, 0.3) is 0 Å². The van der Waals surface area contributed by atoms with Crippen LogP contribution >= 0.6 is 0 Å². The van der Waals surface area contributed by atoms with Crippen molar-refractivity contribution in [2.75, 3.05) is 56.7 Å². The van der Waals surface area contributed by atoms with Crippen LogP contribution in [0.4, 0.5) is 15.8 Å². The quantitative estimate of drug-likeness (QED) is 0.595. The molecule has 0 atom stereocenters. The Morgan fingerprint density at radius 3 is 2.45 bits per heavy atom. The first-order valence-electron chi connectivity index (χ1n) is 10.9. The number of rotatable bonds is 9. The van der Waals surface area contributed by atoms with Gasteiger partial charge >= 0.3 is 0 Å². The van der Waals surface area contributed by atoms with Crippen LogP contribution in [0.5, 0.6) is 5.75 Å². The van der Waals surface area contributed by atoms with E-state index in [2.05, 4.69) is 5.32 Å². The van der Waals surface area contributed by atoms with Crippen LogP contribution < -0.4 is 15.0 Å². The first kappa shape index (κ1) is 24.9. The summed E-state index contributed by atoms with van der Waals surface area (Å²) in [7, 11) is -2.33. The molecule has 33 heavy (non-hydrogen) atoms. The van der Waals surface area contributed by atoms with E-state index in [1.165, 1.54) is 29.6 Å². The number of methoxy groups -OCH3 is 1. The lowest BCUT2D eigenvalue weighted by Gasteiger charge is -2.31. The minimum atomic E-state index is -3.70. The number of benzene rings is 2. The third-order valence-corrected chi connectivity index (χ3v) is 7.56. The van der Waals surface area contributed by atoms with Gasteiger partial charge in [-0.1, -0.05) is 19.9 Å². The van der Waals surface area contributed by atoms with Crippen molar-refractivity contribution in [1.29, 1.82) is 0 Å². The zero-order chi connectivity index (χ0) is 24.0. The van der Waals surface area contributed by atoms with E-state index in [-0.39, 0.29) is 23.0 Å². The molecule has 3 rings (SSSR count). The van der Waals surface area contributed by atoms with Gasteiger partial charge in [0.1, 0.15) is 0 Å². The van der Waals surface area contributed by atoms with Crippen molar-refractivity contribution in [2.45, 2.75) is 25.2 Å². The van der Waals surface area contributed by atoms with E-state index in [0.717, 1.165) is 0 Å². The SMILES string of the molecule is CCN(CC)S(=O)(=O)c1ccc(N2CCOCC2)c(NC(=O)Cc2ccc(OC)c(F)c2)c1. The topological polar surface area (TPSA) is 88.2 Å². The fraction of sp³-hybridized carbons (Fsp3) is 0.435. The standard InChI is InChI=1S/C23H30FN3O5S/c1-4-27(5-2)33(29,30)18-7-8-21(26-10-12-32-13-11-26)20(16-18)25-23(28)15-17-6-9-22(31-3)19(24)14-17/h6-9,14,16H,4-5,10-13,15H2,1-3H3,(H,25,28). The van der Waals surface area contributed by atoms with Crippen molar-refractivity contribution in [1.82, 2.24) is 4.31 Å². The molecule has 1 aliphatic heterocycles. The van der Waals surface area contributed by atoms with Gasteiger partial charge in [0.25, 0.3) is 0 Å². The Labute approximate surface area is 194 Å². The van der Waals surface area contributed by atoms with E-state index in [4.69, 9.17) is 9.47 Å². The number of ether oxygens (including phenoxy) is 2. The molecule has 1 aliphatic rings. The first-order chi connectivity index (χ1) is 15.8. The fourth-order valence-corrected chi connectivity index (χ4v) is 5.25. The number of hydrogen-bond acceptors (Lipinski definition) is 6. The minimum Gasteiger partial charge on any atom is -0.494 e. The Morgan fingerprint density at radius 2 is 1.85 bits per heavy atom. The highest BCUT2D eigenvalue weighted by molar-refractivity contribution is 7.89. The summed E-state index contributed by atoms with van der Waals surface area (Å²) in [4.78, 5) is 15.0. The van der Waals surface area contributed by atoms with Crippen LogP contribution in [0.1, 0.15) is 19.4 Å². The van der Waals surface area contributed by atoms with Gasteiger partial charge in [-0.3, -0.25) is 4.79 Å². The summed E-state index contributed by atoms with van der Waals surface area (Å²) in [6, 6.07) is 9.10. The van der Waals surface area contributed by atoms with Crippen molar-refractivity contribution < 1.29 is 27.1 Å². The second kappa shape index (κ2) is 11.0. The fourth-order valence-electron chi connectivity index (χ4n) is 3.77. The van der Waals surface area contributed by atoms with Crippen molar-refractivity contribution >= 4 is 27.3 Å². The van der Waals surface area contributed by atoms with E-state index in [0.29, 0.717) is 56.3 Å². The molecule has 2 aromatic carbocycles. The van der Waals surface area contributed by atoms with E-state index in [1.54, 1.807) is 32.0 Å². The number of anilines is 2. The van der Waals surface area contributed by atoms with Gasteiger partial charge in [0, 0.05) is 26.2 Å². The number of halogens is 1. The second-order valence-corrected chi connectivity index (χ2v) is 9.50. The van der Waals surface area contributed by atoms with Crippen molar-refractivity contribution in [3.8, 4) is 5.75 Å². The van der Waals surface area contributed by atoms with Crippen LogP contribution in [0.2, 0.25) is 0 Å². The van der Waals surface area contributed by atoms with Crippen LogP contribution in [0, 0.1) is 5.82 Å². The number of sulfonamides is 1. The predicted molar refractivity (Wildman–Crippen MR) is 125 cm³/mol. The first-order valence-corrected chi connectivity index (χ1v) is 12.3. The van der Waals surface area contributed by atoms with Crippen LogP contribution in [0.15, 0.2) is 41.3 Å². The van der Waals surface area contributed by atoms with Gasteiger partial charge in [-0.2, -0.15) is 4.31 Å². The van der Waals surface area contributed by atoms with Crippen molar-refractivity contribution in [3.05, 3.63) is 47.8 Å². The van der Waals surface area contributed by atoms with Crippen molar-refractivity contribution in [2.24, 2.45) is 0 Å². The molecule has 0 spiro atoms. The maximum atomic E-state index is 14.0. The van der Waals surface area contributed by atoms with Gasteiger partial charge < -0.3 is 19.7 Å². The average molecular weight is 480 g/mol. The lowest BCUT2D eigenvalue weighted by Crippen LogP contribution is -2.37. The van der Waals surface area contributed by atoms with Gasteiger partial charge in [0.15, 0.2) is 11.6 Å². The number of nitrogens with zero attached hydrogens (tertiary/aromatic N) is 2. The number of hydrogen-bond donors (Lipinski definition) is 1. The highest BCUT2D eigenvalue weighted by Gasteiger charge is 2.25. The summed E-state index contributed by atoms with van der Waals surface area (Å²) < 4.78 is 51.8. The number of morpholine rings is 1. The summed E-state index contributed by atoms with van der Waals surface area (Å²) in [5, 5.41) is 2.83. The Kier molecular flexibility index (Phi) is 8.28. The Balaban J connectivity index is 1.91. The van der Waals surface area contributed by atoms with Gasteiger partial charge in [0.05, 0.1) is 43.0 Å². The molecular weight excluding hydrogens is 449 g/mol. The number of nitrogens with one attached hydrogen (secondary N) is 1. The monoisotopic (exact) mass is 479 g/mol. The van der Waals surface area contributed by atoms with Crippen molar-refractivity contribution in [3.63, 3.8) is 0 Å². The average Bonchev–Trinajstić information content (AvgIpc) is 2.80. The second-order valence-electron chi connectivity index (χ2n) is 7.56. The Bertz CT molecular complexity index is 1080. The van der Waals surface area contributed by atoms with E-state index in [9.17, 15) is 17.6 Å². The Hall–Kier alpha value is -2.69. The number of carbonyl (C=O) groups excluding carboxylic acids is 1. The van der Waals surface area contributed by atoms with Crippen LogP contribution in [-0.4, -0.2) is 65.1 Å². The molecule has 10 heteroatoms. The molecule has 0 aromatic heterocycles. The van der Waals surface area contributed by atoms with Crippen LogP contribution in [-0.2, 0) is 26.0 Å². The maximum Gasteiger partial charge on any atom is 0.243 e. The van der Waals surface area contributed by atoms with Crippen LogP contribution in [0.3, 0.4) is 0 Å². The zero-order valence-corrected chi connectivity index (χ0v) is 20.0. The van der Waals surface area contributed by atoms with Gasteiger partial charge in [-0.05, 0) is 35.9 Å². The summed E-state index contributed by atoms with van der Waals surface area (Å²) in [5.74, 6) is -0.835. The maximum absolute atomic E-state index is 14.0. The molecule has 1 saturated heterocycles. The number of amides is 1. The summed E-state index contributed by atoms with van der Waals surface area (Å²) in [6.07, 6.45) is -0.0729. The predicted octanol–water partition coefficient (Wildman–Crippen LogP) is 2.88. The molecule has 0 bridgehead atoms. The third kappa shape index (κ3) is 5.82. The largest absolute Gasteiger partial charge is 0.494 e. The van der Waals surface area contributed by atoms with Gasteiger partial charge in [0.2, 0.25) is 15.9 Å².